The van der Waals surface area contributed by atoms with E-state index < -0.39 is 0 Å². The molecule has 3 aromatic heterocycles. The number of amides is 1. The summed E-state index contributed by atoms with van der Waals surface area (Å²) in [6, 6.07) is 3.56. The Balaban J connectivity index is 1.69. The summed E-state index contributed by atoms with van der Waals surface area (Å²) in [5.41, 5.74) is 3.79. The summed E-state index contributed by atoms with van der Waals surface area (Å²) in [4.78, 5) is 16.7. The van der Waals surface area contributed by atoms with E-state index in [9.17, 15) is 4.79 Å². The van der Waals surface area contributed by atoms with Crippen molar-refractivity contribution < 1.29 is 9.90 Å². The fourth-order valence-electron chi connectivity index (χ4n) is 2.75. The van der Waals surface area contributed by atoms with Crippen molar-refractivity contribution in [3.8, 4) is 0 Å². The van der Waals surface area contributed by atoms with Crippen LogP contribution in [0.3, 0.4) is 0 Å². The van der Waals surface area contributed by atoms with Gasteiger partial charge in [-0.2, -0.15) is 10.2 Å². The molecule has 0 aliphatic rings. The zero-order chi connectivity index (χ0) is 18.0. The maximum Gasteiger partial charge on any atom is 0.272 e. The molecule has 0 aliphatic heterocycles. The van der Waals surface area contributed by atoms with E-state index in [0.29, 0.717) is 24.3 Å². The molecule has 0 aromatic carbocycles. The van der Waals surface area contributed by atoms with Gasteiger partial charge in [0.05, 0.1) is 12.2 Å². The van der Waals surface area contributed by atoms with Crippen LogP contribution in [-0.4, -0.2) is 48.0 Å². The molecule has 25 heavy (non-hydrogen) atoms. The summed E-state index contributed by atoms with van der Waals surface area (Å²) in [7, 11) is 0. The number of hydrogen-bond donors (Lipinski definition) is 2. The highest BCUT2D eigenvalue weighted by atomic mass is 16.3. The van der Waals surface area contributed by atoms with Crippen LogP contribution in [0.1, 0.15) is 34.4 Å². The van der Waals surface area contributed by atoms with Crippen LogP contribution in [0, 0.1) is 13.8 Å². The molecular weight excluding hydrogens is 320 g/mol. The number of nitrogens with one attached hydrogen (secondary N) is 1. The van der Waals surface area contributed by atoms with Crippen molar-refractivity contribution in [2.75, 3.05) is 6.61 Å². The van der Waals surface area contributed by atoms with E-state index in [1.165, 1.54) is 0 Å². The second-order valence-electron chi connectivity index (χ2n) is 6.25. The Labute approximate surface area is 145 Å². The Morgan fingerprint density at radius 1 is 1.32 bits per heavy atom. The topological polar surface area (TPSA) is 97.3 Å². The maximum absolute atomic E-state index is 12.4. The third-order valence-corrected chi connectivity index (χ3v) is 3.93. The molecule has 1 atom stereocenters. The first-order valence-corrected chi connectivity index (χ1v) is 8.23. The lowest BCUT2D eigenvalue weighted by molar-refractivity contribution is 0.0930. The highest BCUT2D eigenvalue weighted by Gasteiger charge is 2.15. The normalized spacial score (nSPS) is 12.5. The first kappa shape index (κ1) is 17.1. The zero-order valence-corrected chi connectivity index (χ0v) is 14.6. The molecule has 132 valence electrons. The monoisotopic (exact) mass is 342 g/mol. The van der Waals surface area contributed by atoms with E-state index in [1.54, 1.807) is 23.0 Å². The van der Waals surface area contributed by atoms with Crippen LogP contribution in [0.2, 0.25) is 0 Å². The number of carbonyl (C=O) groups is 1. The van der Waals surface area contributed by atoms with E-state index in [2.05, 4.69) is 20.5 Å². The minimum atomic E-state index is -0.247. The number of aromatic nitrogens is 5. The highest BCUT2D eigenvalue weighted by molar-refractivity contribution is 5.93. The largest absolute Gasteiger partial charge is 0.396 e. The van der Waals surface area contributed by atoms with Crippen molar-refractivity contribution in [2.24, 2.45) is 0 Å². The molecule has 0 bridgehead atoms. The highest BCUT2D eigenvalue weighted by Crippen LogP contribution is 2.07. The van der Waals surface area contributed by atoms with Crippen LogP contribution in [-0.2, 0) is 13.0 Å². The molecule has 3 rings (SSSR count). The van der Waals surface area contributed by atoms with Crippen molar-refractivity contribution in [2.45, 2.75) is 39.8 Å². The van der Waals surface area contributed by atoms with Crippen molar-refractivity contribution in [3.63, 3.8) is 0 Å². The average molecular weight is 342 g/mol. The first-order chi connectivity index (χ1) is 12.0. The van der Waals surface area contributed by atoms with Gasteiger partial charge >= 0.3 is 0 Å². The predicted octanol–water partition coefficient (Wildman–Crippen LogP) is 0.896. The number of aryl methyl sites for hydroxylation is 2. The smallest absolute Gasteiger partial charge is 0.272 e. The lowest BCUT2D eigenvalue weighted by Gasteiger charge is -2.14. The number of carbonyl (C=O) groups excluding carboxylic acids is 1. The summed E-state index contributed by atoms with van der Waals surface area (Å²) < 4.78 is 3.44. The molecule has 8 nitrogen and oxygen atoms in total. The van der Waals surface area contributed by atoms with Crippen LogP contribution in [0.5, 0.6) is 0 Å². The summed E-state index contributed by atoms with van der Waals surface area (Å²) in [5, 5.41) is 20.6. The summed E-state index contributed by atoms with van der Waals surface area (Å²) in [5.74, 6) is -0.247. The van der Waals surface area contributed by atoms with Crippen molar-refractivity contribution in [3.05, 3.63) is 47.2 Å². The minimum absolute atomic E-state index is 0.0473. The minimum Gasteiger partial charge on any atom is -0.396 e. The van der Waals surface area contributed by atoms with E-state index in [4.69, 9.17) is 5.11 Å². The van der Waals surface area contributed by atoms with Gasteiger partial charge in [0, 0.05) is 36.8 Å². The van der Waals surface area contributed by atoms with Gasteiger partial charge in [0.2, 0.25) is 0 Å². The van der Waals surface area contributed by atoms with E-state index >= 15 is 0 Å². The molecule has 2 N–H and O–H groups in total. The predicted molar refractivity (Wildman–Crippen MR) is 92.4 cm³/mol. The number of fused-ring (bicyclic) bond motifs is 1. The Bertz CT molecular complexity index is 898. The van der Waals surface area contributed by atoms with Crippen LogP contribution >= 0.6 is 0 Å². The molecule has 1 unspecified atom stereocenters. The third-order valence-electron chi connectivity index (χ3n) is 3.93. The maximum atomic E-state index is 12.4. The molecule has 0 spiro atoms. The molecule has 3 heterocycles. The van der Waals surface area contributed by atoms with Gasteiger partial charge < -0.3 is 10.4 Å². The van der Waals surface area contributed by atoms with Crippen LogP contribution in [0.4, 0.5) is 0 Å². The number of rotatable bonds is 6. The van der Waals surface area contributed by atoms with Gasteiger partial charge in [-0.15, -0.1) is 0 Å². The quantitative estimate of drug-likeness (QED) is 0.693. The summed E-state index contributed by atoms with van der Waals surface area (Å²) >= 11 is 0. The number of aliphatic hydroxyl groups is 1. The van der Waals surface area contributed by atoms with Crippen LogP contribution < -0.4 is 5.32 Å². The van der Waals surface area contributed by atoms with E-state index in [1.807, 2.05) is 31.5 Å². The lowest BCUT2D eigenvalue weighted by atomic mass is 10.2. The van der Waals surface area contributed by atoms with Crippen LogP contribution in [0.25, 0.3) is 5.65 Å². The van der Waals surface area contributed by atoms with E-state index in [0.717, 1.165) is 17.0 Å². The molecule has 8 heteroatoms. The molecule has 0 fully saturated rings. The van der Waals surface area contributed by atoms with Gasteiger partial charge in [0.15, 0.2) is 11.3 Å². The van der Waals surface area contributed by atoms with Crippen molar-refractivity contribution in [1.29, 1.82) is 0 Å². The average Bonchev–Trinajstić information content (AvgIpc) is 3.10. The van der Waals surface area contributed by atoms with Crippen LogP contribution in [0.15, 0.2) is 24.5 Å². The molecule has 1 amide bonds. The van der Waals surface area contributed by atoms with Crippen molar-refractivity contribution in [1.82, 2.24) is 29.7 Å². The Kier molecular flexibility index (Phi) is 4.80. The van der Waals surface area contributed by atoms with Gasteiger partial charge in [0.25, 0.3) is 5.91 Å². The second kappa shape index (κ2) is 7.02. The standard InChI is InChI=1S/C17H22N6O2/c1-11-6-13(3)22(20-11)9-12(2)19-17(25)15-7-16-18-8-14(4-5-24)10-23(16)21-15/h6-8,10,12,24H,4-5,9H2,1-3H3,(H,19,25). The van der Waals surface area contributed by atoms with E-state index in [-0.39, 0.29) is 18.6 Å². The summed E-state index contributed by atoms with van der Waals surface area (Å²) in [6.45, 7) is 6.51. The fraction of sp³-hybridized carbons (Fsp3) is 0.412. The van der Waals surface area contributed by atoms with Gasteiger partial charge in [-0.1, -0.05) is 0 Å². The molecular formula is C17H22N6O2. The van der Waals surface area contributed by atoms with Gasteiger partial charge in [-0.3, -0.25) is 9.48 Å². The SMILES string of the molecule is Cc1cc(C)n(CC(C)NC(=O)c2cc3ncc(CCO)cn3n2)n1. The van der Waals surface area contributed by atoms with Gasteiger partial charge in [0.1, 0.15) is 0 Å². The molecule has 0 radical (unpaired) electrons. The number of hydrogen-bond acceptors (Lipinski definition) is 5. The Morgan fingerprint density at radius 3 is 2.80 bits per heavy atom. The lowest BCUT2D eigenvalue weighted by Crippen LogP contribution is -2.36. The molecule has 0 aliphatic carbocycles. The summed E-state index contributed by atoms with van der Waals surface area (Å²) in [6.07, 6.45) is 3.96. The molecule has 0 saturated heterocycles. The Hall–Kier alpha value is -2.74. The van der Waals surface area contributed by atoms with Gasteiger partial charge in [-0.05, 0) is 38.8 Å². The first-order valence-electron chi connectivity index (χ1n) is 8.23. The third kappa shape index (κ3) is 3.85. The van der Waals surface area contributed by atoms with Gasteiger partial charge in [-0.25, -0.2) is 9.50 Å². The zero-order valence-electron chi connectivity index (χ0n) is 14.6. The second-order valence-corrected chi connectivity index (χ2v) is 6.25. The number of aliphatic hydroxyl groups excluding tert-OH is 1. The molecule has 3 aromatic rings. The number of nitrogens with zero attached hydrogens (tertiary/aromatic N) is 5. The van der Waals surface area contributed by atoms with Crippen molar-refractivity contribution >= 4 is 11.6 Å². The molecule has 0 saturated carbocycles. The fourth-order valence-corrected chi connectivity index (χ4v) is 2.75. The Morgan fingerprint density at radius 2 is 2.12 bits per heavy atom.